The highest BCUT2D eigenvalue weighted by molar-refractivity contribution is 5.98. The molecule has 3 aromatic rings. The smallest absolute Gasteiger partial charge is 0.355 e. The van der Waals surface area contributed by atoms with E-state index >= 15 is 0 Å². The monoisotopic (exact) mass is 366 g/mol. The van der Waals surface area contributed by atoms with Crippen molar-refractivity contribution < 1.29 is 19.1 Å². The number of anilines is 1. The molecule has 0 fully saturated rings. The van der Waals surface area contributed by atoms with Gasteiger partial charge in [-0.15, -0.1) is 0 Å². The minimum atomic E-state index is -0.573. The van der Waals surface area contributed by atoms with Crippen LogP contribution >= 0.6 is 0 Å². The van der Waals surface area contributed by atoms with Gasteiger partial charge < -0.3 is 19.8 Å². The fraction of sp³-hybridized carbons (Fsp3) is 0.238. The zero-order valence-electron chi connectivity index (χ0n) is 15.6. The lowest BCUT2D eigenvalue weighted by Gasteiger charge is -2.11. The number of amides is 1. The molecule has 3 rings (SSSR count). The molecule has 6 heteroatoms. The highest BCUT2D eigenvalue weighted by atomic mass is 16.5. The molecular weight excluding hydrogens is 344 g/mol. The van der Waals surface area contributed by atoms with Crippen LogP contribution in [-0.4, -0.2) is 30.1 Å². The van der Waals surface area contributed by atoms with Crippen molar-refractivity contribution in [1.29, 1.82) is 0 Å². The van der Waals surface area contributed by atoms with Gasteiger partial charge in [0, 0.05) is 10.9 Å². The van der Waals surface area contributed by atoms with E-state index in [-0.39, 0.29) is 6.61 Å². The Bertz CT molecular complexity index is 991. The SMILES string of the molecule is CCOc1ccccc1NC(=O)COC(=O)c1cc2c(C)cc(C)cc2[nH]1. The second-order valence-electron chi connectivity index (χ2n) is 6.28. The van der Waals surface area contributed by atoms with Gasteiger partial charge >= 0.3 is 5.97 Å². The van der Waals surface area contributed by atoms with Crippen LogP contribution in [0.4, 0.5) is 5.69 Å². The second-order valence-corrected chi connectivity index (χ2v) is 6.28. The van der Waals surface area contributed by atoms with E-state index in [1.165, 1.54) is 0 Å². The number of hydrogen-bond donors (Lipinski definition) is 2. The molecule has 1 aromatic heterocycles. The third-order valence-corrected chi connectivity index (χ3v) is 4.10. The van der Waals surface area contributed by atoms with Crippen molar-refractivity contribution in [2.45, 2.75) is 20.8 Å². The number of H-pyrrole nitrogens is 1. The van der Waals surface area contributed by atoms with Crippen molar-refractivity contribution in [3.8, 4) is 5.75 Å². The Morgan fingerprint density at radius 2 is 1.89 bits per heavy atom. The highest BCUT2D eigenvalue weighted by Crippen LogP contribution is 2.24. The summed E-state index contributed by atoms with van der Waals surface area (Å²) in [5, 5.41) is 3.65. The first-order valence-electron chi connectivity index (χ1n) is 8.76. The Hall–Kier alpha value is -3.28. The maximum absolute atomic E-state index is 12.3. The highest BCUT2D eigenvalue weighted by Gasteiger charge is 2.15. The van der Waals surface area contributed by atoms with Crippen molar-refractivity contribution in [2.75, 3.05) is 18.5 Å². The van der Waals surface area contributed by atoms with Gasteiger partial charge in [0.1, 0.15) is 11.4 Å². The molecule has 0 aliphatic rings. The van der Waals surface area contributed by atoms with Crippen molar-refractivity contribution >= 4 is 28.5 Å². The summed E-state index contributed by atoms with van der Waals surface area (Å²) in [5.74, 6) is -0.434. The number of esters is 1. The molecule has 0 unspecified atom stereocenters. The van der Waals surface area contributed by atoms with E-state index in [9.17, 15) is 9.59 Å². The van der Waals surface area contributed by atoms with Gasteiger partial charge in [-0.2, -0.15) is 0 Å². The molecule has 2 N–H and O–H groups in total. The maximum Gasteiger partial charge on any atom is 0.355 e. The first-order valence-corrected chi connectivity index (χ1v) is 8.76. The average Bonchev–Trinajstić information content (AvgIpc) is 3.06. The quantitative estimate of drug-likeness (QED) is 0.647. The van der Waals surface area contributed by atoms with Gasteiger partial charge in [-0.25, -0.2) is 4.79 Å². The zero-order chi connectivity index (χ0) is 19.4. The Morgan fingerprint density at radius 3 is 2.67 bits per heavy atom. The van der Waals surface area contributed by atoms with E-state index in [2.05, 4.69) is 16.4 Å². The molecule has 0 spiro atoms. The van der Waals surface area contributed by atoms with Crippen LogP contribution in [0.5, 0.6) is 5.75 Å². The fourth-order valence-corrected chi connectivity index (χ4v) is 2.96. The molecule has 2 aromatic carbocycles. The van der Waals surface area contributed by atoms with Crippen molar-refractivity contribution in [1.82, 2.24) is 4.98 Å². The molecule has 1 heterocycles. The Balaban J connectivity index is 1.64. The number of rotatable bonds is 6. The van der Waals surface area contributed by atoms with E-state index < -0.39 is 11.9 Å². The maximum atomic E-state index is 12.3. The van der Waals surface area contributed by atoms with E-state index in [4.69, 9.17) is 9.47 Å². The standard InChI is InChI=1S/C21H22N2O4/c1-4-26-19-8-6-5-7-16(19)23-20(24)12-27-21(25)18-11-15-14(3)9-13(2)10-17(15)22-18/h5-11,22H,4,12H2,1-3H3,(H,23,24). The number of nitrogens with one attached hydrogen (secondary N) is 2. The van der Waals surface area contributed by atoms with Crippen LogP contribution in [0.15, 0.2) is 42.5 Å². The van der Waals surface area contributed by atoms with E-state index in [0.717, 1.165) is 22.0 Å². The molecule has 6 nitrogen and oxygen atoms in total. The predicted molar refractivity (Wildman–Crippen MR) is 104 cm³/mol. The van der Waals surface area contributed by atoms with Crippen LogP contribution < -0.4 is 10.1 Å². The zero-order valence-corrected chi connectivity index (χ0v) is 15.6. The number of aromatic amines is 1. The molecule has 0 bridgehead atoms. The summed E-state index contributed by atoms with van der Waals surface area (Å²) in [6, 6.07) is 12.9. The van der Waals surface area contributed by atoms with Gasteiger partial charge in [0.15, 0.2) is 6.61 Å². The largest absolute Gasteiger partial charge is 0.492 e. The van der Waals surface area contributed by atoms with Crippen molar-refractivity contribution in [3.63, 3.8) is 0 Å². The van der Waals surface area contributed by atoms with E-state index in [0.29, 0.717) is 23.7 Å². The lowest BCUT2D eigenvalue weighted by atomic mass is 10.1. The van der Waals surface area contributed by atoms with Crippen LogP contribution in [0.25, 0.3) is 10.9 Å². The number of para-hydroxylation sites is 2. The number of ether oxygens (including phenoxy) is 2. The summed E-state index contributed by atoms with van der Waals surface area (Å²) in [6.07, 6.45) is 0. The Kier molecular flexibility index (Phi) is 5.45. The lowest BCUT2D eigenvalue weighted by Crippen LogP contribution is -2.21. The molecule has 0 atom stereocenters. The Labute approximate surface area is 157 Å². The number of benzene rings is 2. The van der Waals surface area contributed by atoms with Gasteiger partial charge in [0.25, 0.3) is 5.91 Å². The minimum absolute atomic E-state index is 0.321. The summed E-state index contributed by atoms with van der Waals surface area (Å²) in [6.45, 7) is 5.95. The molecule has 140 valence electrons. The first-order chi connectivity index (χ1) is 13.0. The molecule has 0 saturated heterocycles. The third kappa shape index (κ3) is 4.28. The summed E-state index contributed by atoms with van der Waals surface area (Å²) in [5.41, 5.74) is 3.91. The van der Waals surface area contributed by atoms with Crippen LogP contribution in [0.2, 0.25) is 0 Å². The predicted octanol–water partition coefficient (Wildman–Crippen LogP) is 3.98. The topological polar surface area (TPSA) is 80.4 Å². The summed E-state index contributed by atoms with van der Waals surface area (Å²) >= 11 is 0. The Morgan fingerprint density at radius 1 is 1.11 bits per heavy atom. The second kappa shape index (κ2) is 7.95. The number of aryl methyl sites for hydroxylation is 2. The average molecular weight is 366 g/mol. The molecular formula is C21H22N2O4. The third-order valence-electron chi connectivity index (χ3n) is 4.10. The number of aromatic nitrogens is 1. The fourth-order valence-electron chi connectivity index (χ4n) is 2.96. The van der Waals surface area contributed by atoms with Gasteiger partial charge in [-0.1, -0.05) is 18.2 Å². The van der Waals surface area contributed by atoms with Crippen LogP contribution in [0.1, 0.15) is 28.5 Å². The number of hydrogen-bond acceptors (Lipinski definition) is 4. The van der Waals surface area contributed by atoms with E-state index in [1.807, 2.05) is 32.9 Å². The lowest BCUT2D eigenvalue weighted by molar-refractivity contribution is -0.119. The summed E-state index contributed by atoms with van der Waals surface area (Å²) in [7, 11) is 0. The van der Waals surface area contributed by atoms with Gasteiger partial charge in [0.05, 0.1) is 12.3 Å². The van der Waals surface area contributed by atoms with Gasteiger partial charge in [-0.05, 0) is 56.2 Å². The van der Waals surface area contributed by atoms with Crippen molar-refractivity contribution in [2.24, 2.45) is 0 Å². The first kappa shape index (κ1) is 18.5. The van der Waals surface area contributed by atoms with Crippen LogP contribution in [0.3, 0.4) is 0 Å². The molecule has 0 saturated carbocycles. The van der Waals surface area contributed by atoms with Crippen LogP contribution in [-0.2, 0) is 9.53 Å². The van der Waals surface area contributed by atoms with Crippen molar-refractivity contribution in [3.05, 3.63) is 59.3 Å². The molecule has 0 aliphatic heterocycles. The molecule has 27 heavy (non-hydrogen) atoms. The molecule has 0 radical (unpaired) electrons. The van der Waals surface area contributed by atoms with Gasteiger partial charge in [-0.3, -0.25) is 4.79 Å². The molecule has 1 amide bonds. The van der Waals surface area contributed by atoms with Gasteiger partial charge in [0.2, 0.25) is 0 Å². The summed E-state index contributed by atoms with van der Waals surface area (Å²) < 4.78 is 10.6. The normalized spacial score (nSPS) is 10.6. The number of fused-ring (bicyclic) bond motifs is 1. The number of carbonyl (C=O) groups excluding carboxylic acids is 2. The number of carbonyl (C=O) groups is 2. The van der Waals surface area contributed by atoms with Crippen LogP contribution in [0, 0.1) is 13.8 Å². The summed E-state index contributed by atoms with van der Waals surface area (Å²) in [4.78, 5) is 27.5. The van der Waals surface area contributed by atoms with E-state index in [1.54, 1.807) is 24.3 Å². The minimum Gasteiger partial charge on any atom is -0.492 e. The molecule has 0 aliphatic carbocycles.